The molecule has 100 valence electrons. The molecule has 1 saturated heterocycles. The summed E-state index contributed by atoms with van der Waals surface area (Å²) in [6, 6.07) is 10.1. The van der Waals surface area contributed by atoms with Crippen LogP contribution in [0.2, 0.25) is 0 Å². The smallest absolute Gasteiger partial charge is 0.191 e. The lowest BCUT2D eigenvalue weighted by Gasteiger charge is -2.26. The Morgan fingerprint density at radius 3 is 2.67 bits per heavy atom. The summed E-state index contributed by atoms with van der Waals surface area (Å²) in [7, 11) is 0. The van der Waals surface area contributed by atoms with Gasteiger partial charge in [0.05, 0.1) is 0 Å². The van der Waals surface area contributed by atoms with E-state index in [1.54, 1.807) is 0 Å². The van der Waals surface area contributed by atoms with E-state index in [1.165, 1.54) is 6.42 Å². The van der Waals surface area contributed by atoms with E-state index in [1.807, 2.05) is 44.2 Å². The fourth-order valence-electron chi connectivity index (χ4n) is 2.03. The number of ether oxygens (including phenoxy) is 1. The lowest BCUT2D eigenvalue weighted by atomic mass is 9.99. The van der Waals surface area contributed by atoms with Crippen molar-refractivity contribution in [3.63, 3.8) is 0 Å². The number of hydrogen-bond acceptors (Lipinski definition) is 3. The van der Waals surface area contributed by atoms with Crippen molar-refractivity contribution in [3.8, 4) is 0 Å². The molecule has 1 aliphatic heterocycles. The molecular weight excluding hydrogens is 228 g/mol. The van der Waals surface area contributed by atoms with Crippen molar-refractivity contribution in [2.24, 2.45) is 0 Å². The van der Waals surface area contributed by atoms with Gasteiger partial charge >= 0.3 is 0 Å². The molecule has 1 atom stereocenters. The highest BCUT2D eigenvalue weighted by Crippen LogP contribution is 2.26. The van der Waals surface area contributed by atoms with Gasteiger partial charge in [-0.15, -0.1) is 0 Å². The summed E-state index contributed by atoms with van der Waals surface area (Å²) in [6.45, 7) is 4.76. The number of rotatable bonds is 4. The van der Waals surface area contributed by atoms with Gasteiger partial charge in [-0.1, -0.05) is 36.8 Å². The fourth-order valence-corrected chi connectivity index (χ4v) is 2.03. The van der Waals surface area contributed by atoms with Crippen molar-refractivity contribution < 1.29 is 14.5 Å². The molecule has 1 aromatic rings. The quantitative estimate of drug-likeness (QED) is 0.601. The standard InChI is InChI=1S/C15H22O3/c1-15(2,13-9-5-3-6-10-13)18-17-14-11-7-4-8-12-16-14/h3,5-6,9-10,14H,4,7-8,11-12H2,1-2H3. The van der Waals surface area contributed by atoms with E-state index in [4.69, 9.17) is 14.5 Å². The van der Waals surface area contributed by atoms with Crippen LogP contribution < -0.4 is 0 Å². The Balaban J connectivity index is 1.88. The topological polar surface area (TPSA) is 27.7 Å². The molecule has 0 aromatic heterocycles. The molecule has 1 fully saturated rings. The molecule has 0 amide bonds. The van der Waals surface area contributed by atoms with E-state index in [0.29, 0.717) is 0 Å². The van der Waals surface area contributed by atoms with E-state index < -0.39 is 5.60 Å². The molecule has 18 heavy (non-hydrogen) atoms. The molecular formula is C15H22O3. The zero-order chi connectivity index (χ0) is 12.8. The Bertz CT molecular complexity index is 340. The van der Waals surface area contributed by atoms with Crippen molar-refractivity contribution in [2.75, 3.05) is 6.61 Å². The second-order valence-electron chi connectivity index (χ2n) is 5.21. The predicted octanol–water partition coefficient (Wildman–Crippen LogP) is 3.79. The average Bonchev–Trinajstić information content (AvgIpc) is 2.66. The van der Waals surface area contributed by atoms with Crippen LogP contribution in [0.15, 0.2) is 30.3 Å². The first kappa shape index (κ1) is 13.5. The number of hydrogen-bond donors (Lipinski definition) is 0. The molecule has 0 saturated carbocycles. The molecule has 3 heteroatoms. The van der Waals surface area contributed by atoms with Crippen molar-refractivity contribution in [1.29, 1.82) is 0 Å². The van der Waals surface area contributed by atoms with Crippen LogP contribution in [0.4, 0.5) is 0 Å². The third-order valence-electron chi connectivity index (χ3n) is 3.22. The van der Waals surface area contributed by atoms with E-state index >= 15 is 0 Å². The van der Waals surface area contributed by atoms with Crippen LogP contribution in [0.3, 0.4) is 0 Å². The first-order chi connectivity index (χ1) is 8.68. The maximum Gasteiger partial charge on any atom is 0.191 e. The van der Waals surface area contributed by atoms with Gasteiger partial charge in [0.1, 0.15) is 5.60 Å². The fraction of sp³-hybridized carbons (Fsp3) is 0.600. The third-order valence-corrected chi connectivity index (χ3v) is 3.22. The summed E-state index contributed by atoms with van der Waals surface area (Å²) in [5.74, 6) is 0. The van der Waals surface area contributed by atoms with Crippen LogP contribution in [-0.2, 0) is 20.1 Å². The minimum Gasteiger partial charge on any atom is -0.350 e. The van der Waals surface area contributed by atoms with Gasteiger partial charge in [0.15, 0.2) is 6.29 Å². The summed E-state index contributed by atoms with van der Waals surface area (Å²) in [4.78, 5) is 11.0. The van der Waals surface area contributed by atoms with E-state index in [9.17, 15) is 0 Å². The summed E-state index contributed by atoms with van der Waals surface area (Å²) < 4.78 is 5.59. The molecule has 3 nitrogen and oxygen atoms in total. The lowest BCUT2D eigenvalue weighted by molar-refractivity contribution is -0.423. The molecule has 2 rings (SSSR count). The van der Waals surface area contributed by atoms with Gasteiger partial charge in [-0.2, -0.15) is 0 Å². The Morgan fingerprint density at radius 2 is 1.89 bits per heavy atom. The molecule has 1 unspecified atom stereocenters. The largest absolute Gasteiger partial charge is 0.350 e. The second kappa shape index (κ2) is 6.32. The molecule has 0 N–H and O–H groups in total. The van der Waals surface area contributed by atoms with Gasteiger partial charge < -0.3 is 4.74 Å². The highest BCUT2D eigenvalue weighted by Gasteiger charge is 2.25. The molecule has 0 radical (unpaired) electrons. The predicted molar refractivity (Wildman–Crippen MR) is 69.8 cm³/mol. The monoisotopic (exact) mass is 250 g/mol. The Kier molecular flexibility index (Phi) is 4.75. The number of benzene rings is 1. The average molecular weight is 250 g/mol. The van der Waals surface area contributed by atoms with Crippen molar-refractivity contribution >= 4 is 0 Å². The second-order valence-corrected chi connectivity index (χ2v) is 5.21. The summed E-state index contributed by atoms with van der Waals surface area (Å²) in [5.41, 5.74) is 0.635. The summed E-state index contributed by atoms with van der Waals surface area (Å²) in [5, 5.41) is 0. The SMILES string of the molecule is CC(C)(OOC1CCCCCO1)c1ccccc1. The third kappa shape index (κ3) is 3.80. The highest BCUT2D eigenvalue weighted by atomic mass is 17.2. The molecule has 0 bridgehead atoms. The zero-order valence-corrected chi connectivity index (χ0v) is 11.2. The van der Waals surface area contributed by atoms with Gasteiger partial charge in [-0.25, -0.2) is 9.78 Å². The zero-order valence-electron chi connectivity index (χ0n) is 11.2. The van der Waals surface area contributed by atoms with Crippen molar-refractivity contribution in [3.05, 3.63) is 35.9 Å². The van der Waals surface area contributed by atoms with Crippen LogP contribution in [0.25, 0.3) is 0 Å². The molecule has 1 heterocycles. The van der Waals surface area contributed by atoms with Gasteiger partial charge in [0.2, 0.25) is 0 Å². The highest BCUT2D eigenvalue weighted by molar-refractivity contribution is 5.20. The minimum atomic E-state index is -0.461. The van der Waals surface area contributed by atoms with Crippen molar-refractivity contribution in [1.82, 2.24) is 0 Å². The van der Waals surface area contributed by atoms with Gasteiger partial charge in [0, 0.05) is 13.0 Å². The van der Waals surface area contributed by atoms with Crippen LogP contribution in [0.5, 0.6) is 0 Å². The molecule has 0 spiro atoms. The maximum atomic E-state index is 5.59. The van der Waals surface area contributed by atoms with Crippen LogP contribution in [-0.4, -0.2) is 12.9 Å². The van der Waals surface area contributed by atoms with E-state index in [-0.39, 0.29) is 6.29 Å². The summed E-state index contributed by atoms with van der Waals surface area (Å²) in [6.07, 6.45) is 4.14. The van der Waals surface area contributed by atoms with Crippen LogP contribution >= 0.6 is 0 Å². The Labute approximate surface area is 109 Å². The normalized spacial score (nSPS) is 21.6. The minimum absolute atomic E-state index is 0.226. The maximum absolute atomic E-state index is 5.59. The van der Waals surface area contributed by atoms with E-state index in [2.05, 4.69) is 0 Å². The van der Waals surface area contributed by atoms with Crippen LogP contribution in [0, 0.1) is 0 Å². The summed E-state index contributed by atoms with van der Waals surface area (Å²) >= 11 is 0. The lowest BCUT2D eigenvalue weighted by Crippen LogP contribution is -2.26. The van der Waals surface area contributed by atoms with E-state index in [0.717, 1.165) is 31.4 Å². The molecule has 0 aliphatic carbocycles. The van der Waals surface area contributed by atoms with Gasteiger partial charge in [-0.3, -0.25) is 0 Å². The molecule has 1 aliphatic rings. The van der Waals surface area contributed by atoms with Crippen LogP contribution in [0.1, 0.15) is 45.1 Å². The first-order valence-corrected chi connectivity index (χ1v) is 6.70. The molecule has 1 aromatic carbocycles. The Hall–Kier alpha value is -0.900. The Morgan fingerprint density at radius 1 is 1.11 bits per heavy atom. The van der Waals surface area contributed by atoms with Crippen molar-refractivity contribution in [2.45, 2.75) is 51.4 Å². The van der Waals surface area contributed by atoms with Gasteiger partial charge in [-0.05, 0) is 32.3 Å². The van der Waals surface area contributed by atoms with Gasteiger partial charge in [0.25, 0.3) is 0 Å². The first-order valence-electron chi connectivity index (χ1n) is 6.70.